The van der Waals surface area contributed by atoms with E-state index in [0.717, 1.165) is 32.0 Å². The molecule has 98 valence electrons. The average Bonchev–Trinajstić information content (AvgIpc) is 2.35. The first-order valence-electron chi connectivity index (χ1n) is 6.02. The van der Waals surface area contributed by atoms with Crippen molar-refractivity contribution in [3.8, 4) is 5.75 Å². The number of anilines is 1. The highest BCUT2D eigenvalue weighted by atomic mass is 19.1. The molecule has 3 N–H and O–H groups in total. The van der Waals surface area contributed by atoms with Crippen LogP contribution in [0.3, 0.4) is 0 Å². The molecule has 0 spiro atoms. The highest BCUT2D eigenvalue weighted by molar-refractivity contribution is 5.95. The van der Waals surface area contributed by atoms with Crippen LogP contribution in [0.15, 0.2) is 18.2 Å². The minimum Gasteiger partial charge on any atom is -0.505 e. The molecule has 1 saturated heterocycles. The summed E-state index contributed by atoms with van der Waals surface area (Å²) >= 11 is 0. The maximum Gasteiger partial charge on any atom is 0.230 e. The number of piperidine rings is 1. The van der Waals surface area contributed by atoms with Gasteiger partial charge in [-0.25, -0.2) is 4.39 Å². The third-order valence-electron chi connectivity index (χ3n) is 3.46. The van der Waals surface area contributed by atoms with E-state index in [4.69, 9.17) is 5.11 Å². The van der Waals surface area contributed by atoms with Crippen LogP contribution in [-0.2, 0) is 4.79 Å². The summed E-state index contributed by atoms with van der Waals surface area (Å²) in [7, 11) is 0. The van der Waals surface area contributed by atoms with E-state index in [1.165, 1.54) is 12.1 Å². The second-order valence-corrected chi connectivity index (χ2v) is 4.93. The molecule has 1 aromatic rings. The van der Waals surface area contributed by atoms with Crippen molar-refractivity contribution in [1.82, 2.24) is 5.32 Å². The van der Waals surface area contributed by atoms with Gasteiger partial charge in [0.1, 0.15) is 0 Å². The van der Waals surface area contributed by atoms with E-state index >= 15 is 0 Å². The Balaban J connectivity index is 2.08. The molecule has 0 radical (unpaired) electrons. The van der Waals surface area contributed by atoms with Gasteiger partial charge in [-0.1, -0.05) is 6.92 Å². The summed E-state index contributed by atoms with van der Waals surface area (Å²) in [5, 5.41) is 15.0. The molecule has 5 heteroatoms. The van der Waals surface area contributed by atoms with Gasteiger partial charge in [0, 0.05) is 17.2 Å². The van der Waals surface area contributed by atoms with Crippen molar-refractivity contribution >= 4 is 11.6 Å². The summed E-state index contributed by atoms with van der Waals surface area (Å²) in [6.07, 6.45) is 1.53. The molecule has 1 amide bonds. The fraction of sp³-hybridized carbons (Fsp3) is 0.462. The van der Waals surface area contributed by atoms with Gasteiger partial charge in [0.15, 0.2) is 11.6 Å². The largest absolute Gasteiger partial charge is 0.505 e. The smallest absolute Gasteiger partial charge is 0.230 e. The zero-order valence-corrected chi connectivity index (χ0v) is 10.3. The number of phenolic OH excluding ortho intramolecular Hbond substituents is 1. The molecule has 0 atom stereocenters. The van der Waals surface area contributed by atoms with Gasteiger partial charge in [-0.3, -0.25) is 4.79 Å². The fourth-order valence-corrected chi connectivity index (χ4v) is 2.07. The van der Waals surface area contributed by atoms with Crippen LogP contribution in [-0.4, -0.2) is 24.1 Å². The first kappa shape index (κ1) is 12.8. The monoisotopic (exact) mass is 252 g/mol. The van der Waals surface area contributed by atoms with Crippen molar-refractivity contribution in [3.63, 3.8) is 0 Å². The van der Waals surface area contributed by atoms with Crippen molar-refractivity contribution in [2.45, 2.75) is 19.8 Å². The lowest BCUT2D eigenvalue weighted by atomic mass is 9.80. The Kier molecular flexibility index (Phi) is 3.52. The van der Waals surface area contributed by atoms with Gasteiger partial charge in [-0.2, -0.15) is 0 Å². The number of hydrogen-bond acceptors (Lipinski definition) is 3. The number of rotatable bonds is 2. The summed E-state index contributed by atoms with van der Waals surface area (Å²) < 4.78 is 13.2. The number of aromatic hydroxyl groups is 1. The summed E-state index contributed by atoms with van der Waals surface area (Å²) in [6, 6.07) is 3.84. The Morgan fingerprint density at radius 2 is 2.11 bits per heavy atom. The number of carbonyl (C=O) groups is 1. The van der Waals surface area contributed by atoms with Crippen molar-refractivity contribution < 1.29 is 14.3 Å². The van der Waals surface area contributed by atoms with Gasteiger partial charge < -0.3 is 15.7 Å². The second-order valence-electron chi connectivity index (χ2n) is 4.93. The Morgan fingerprint density at radius 1 is 1.44 bits per heavy atom. The number of hydrogen-bond donors (Lipinski definition) is 3. The first-order chi connectivity index (χ1) is 8.51. The fourth-order valence-electron chi connectivity index (χ4n) is 2.07. The van der Waals surface area contributed by atoms with Crippen LogP contribution in [0.5, 0.6) is 5.75 Å². The van der Waals surface area contributed by atoms with Crippen molar-refractivity contribution in [3.05, 3.63) is 24.0 Å². The molecule has 2 rings (SSSR count). The van der Waals surface area contributed by atoms with E-state index in [1.54, 1.807) is 0 Å². The normalized spacial score (nSPS) is 18.3. The van der Waals surface area contributed by atoms with Gasteiger partial charge in [-0.15, -0.1) is 0 Å². The Hall–Kier alpha value is -1.62. The lowest BCUT2D eigenvalue weighted by Crippen LogP contribution is -2.42. The van der Waals surface area contributed by atoms with Crippen LogP contribution in [0.2, 0.25) is 0 Å². The topological polar surface area (TPSA) is 61.4 Å². The van der Waals surface area contributed by atoms with Crippen LogP contribution in [0.1, 0.15) is 19.8 Å². The van der Waals surface area contributed by atoms with E-state index in [0.29, 0.717) is 5.69 Å². The number of amides is 1. The summed E-state index contributed by atoms with van der Waals surface area (Å²) in [5.41, 5.74) is -0.0466. The average molecular weight is 252 g/mol. The predicted octanol–water partition coefficient (Wildman–Crippen LogP) is 1.86. The molecule has 4 nitrogen and oxygen atoms in total. The van der Waals surface area contributed by atoms with Crippen LogP contribution in [0, 0.1) is 11.2 Å². The molecule has 18 heavy (non-hydrogen) atoms. The highest BCUT2D eigenvalue weighted by Gasteiger charge is 2.34. The molecule has 0 bridgehead atoms. The van der Waals surface area contributed by atoms with Crippen LogP contribution < -0.4 is 10.6 Å². The van der Waals surface area contributed by atoms with Gasteiger partial charge >= 0.3 is 0 Å². The lowest BCUT2D eigenvalue weighted by Gasteiger charge is -2.32. The molecule has 1 heterocycles. The molecular formula is C13H17FN2O2. The lowest BCUT2D eigenvalue weighted by molar-refractivity contribution is -0.126. The van der Waals surface area contributed by atoms with Crippen LogP contribution >= 0.6 is 0 Å². The minimum atomic E-state index is -0.733. The van der Waals surface area contributed by atoms with E-state index in [9.17, 15) is 9.18 Å². The molecule has 1 aromatic carbocycles. The van der Waals surface area contributed by atoms with Gasteiger partial charge in [0.05, 0.1) is 0 Å². The highest BCUT2D eigenvalue weighted by Crippen LogP contribution is 2.30. The van der Waals surface area contributed by atoms with Crippen molar-refractivity contribution in [2.24, 2.45) is 5.41 Å². The molecule has 1 fully saturated rings. The molecule has 0 unspecified atom stereocenters. The molecule has 1 aliphatic rings. The van der Waals surface area contributed by atoms with E-state index in [1.807, 2.05) is 6.92 Å². The van der Waals surface area contributed by atoms with Gasteiger partial charge in [0.25, 0.3) is 0 Å². The van der Waals surface area contributed by atoms with E-state index in [-0.39, 0.29) is 5.91 Å². The zero-order chi connectivity index (χ0) is 13.2. The third-order valence-corrected chi connectivity index (χ3v) is 3.46. The molecule has 1 aliphatic heterocycles. The minimum absolute atomic E-state index is 0.103. The maximum atomic E-state index is 13.2. The van der Waals surface area contributed by atoms with Crippen LogP contribution in [0.4, 0.5) is 10.1 Å². The SMILES string of the molecule is CC1(C(=O)Nc2ccc(O)c(F)c2)CCNCC1. The molecule has 0 aromatic heterocycles. The number of carbonyl (C=O) groups excluding carboxylic acids is 1. The number of nitrogens with one attached hydrogen (secondary N) is 2. The van der Waals surface area contributed by atoms with E-state index in [2.05, 4.69) is 10.6 Å². The standard InChI is InChI=1S/C13H17FN2O2/c1-13(4-6-15-7-5-13)12(18)16-9-2-3-11(17)10(14)8-9/h2-3,8,15,17H,4-7H2,1H3,(H,16,18). The second kappa shape index (κ2) is 4.94. The first-order valence-corrected chi connectivity index (χ1v) is 6.02. The Morgan fingerprint density at radius 3 is 2.72 bits per heavy atom. The van der Waals surface area contributed by atoms with Crippen LogP contribution in [0.25, 0.3) is 0 Å². The van der Waals surface area contributed by atoms with Crippen molar-refractivity contribution in [2.75, 3.05) is 18.4 Å². The third kappa shape index (κ3) is 2.61. The predicted molar refractivity (Wildman–Crippen MR) is 66.9 cm³/mol. The number of phenols is 1. The van der Waals surface area contributed by atoms with Gasteiger partial charge in [-0.05, 0) is 38.1 Å². The Labute approximate surface area is 105 Å². The number of benzene rings is 1. The summed E-state index contributed by atoms with van der Waals surface area (Å²) in [5.74, 6) is -1.25. The summed E-state index contributed by atoms with van der Waals surface area (Å²) in [6.45, 7) is 3.54. The van der Waals surface area contributed by atoms with Gasteiger partial charge in [0.2, 0.25) is 5.91 Å². The molecular weight excluding hydrogens is 235 g/mol. The Bertz CT molecular complexity index is 456. The molecule has 0 saturated carbocycles. The van der Waals surface area contributed by atoms with Crippen molar-refractivity contribution in [1.29, 1.82) is 0 Å². The zero-order valence-electron chi connectivity index (χ0n) is 10.3. The van der Waals surface area contributed by atoms with E-state index < -0.39 is 17.0 Å². The number of halogens is 1. The quantitative estimate of drug-likeness (QED) is 0.704. The molecule has 0 aliphatic carbocycles. The maximum absolute atomic E-state index is 13.2. The summed E-state index contributed by atoms with van der Waals surface area (Å²) in [4.78, 5) is 12.2.